The van der Waals surface area contributed by atoms with Gasteiger partial charge in [-0.2, -0.15) is 0 Å². The smallest absolute Gasteiger partial charge is 0.146 e. The molecule has 2 aromatic carbocycles. The van der Waals surface area contributed by atoms with E-state index < -0.39 is 0 Å². The molecular weight excluding hydrogens is 342 g/mol. The molecule has 0 aliphatic heterocycles. The van der Waals surface area contributed by atoms with Crippen molar-refractivity contribution in [2.45, 2.75) is 6.61 Å². The largest absolute Gasteiger partial charge is 0.483 e. The highest BCUT2D eigenvalue weighted by molar-refractivity contribution is 9.10. The van der Waals surface area contributed by atoms with Crippen molar-refractivity contribution >= 4 is 37.9 Å². The maximum atomic E-state index is 5.91. The van der Waals surface area contributed by atoms with Gasteiger partial charge >= 0.3 is 0 Å². The number of H-pyrrole nitrogens is 1. The lowest BCUT2D eigenvalue weighted by Gasteiger charge is -2.08. The van der Waals surface area contributed by atoms with E-state index in [1.54, 1.807) is 6.20 Å². The fourth-order valence-corrected chi connectivity index (χ4v) is 2.89. The monoisotopic (exact) mass is 353 g/mol. The first-order chi connectivity index (χ1) is 10.8. The van der Waals surface area contributed by atoms with Gasteiger partial charge in [0.15, 0.2) is 0 Å². The highest BCUT2D eigenvalue weighted by Crippen LogP contribution is 2.29. The van der Waals surface area contributed by atoms with Gasteiger partial charge in [0.1, 0.15) is 23.7 Å². The van der Waals surface area contributed by atoms with E-state index in [1.807, 2.05) is 48.5 Å². The number of aromatic amines is 1. The molecule has 0 radical (unpaired) electrons. The predicted molar refractivity (Wildman–Crippen MR) is 89.9 cm³/mol. The standard InChI is InChI=1S/C17H12BrN3O/c18-12-8-9-19-17-11(12)4-3-7-15(17)22-10-16-20-13-5-1-2-6-14(13)21-16/h1-9H,10H2,(H,20,21). The fraction of sp³-hybridized carbons (Fsp3) is 0.0588. The molecule has 1 N–H and O–H groups in total. The minimum atomic E-state index is 0.377. The molecule has 0 aliphatic carbocycles. The van der Waals surface area contributed by atoms with Crippen LogP contribution in [0.25, 0.3) is 21.9 Å². The topological polar surface area (TPSA) is 50.8 Å². The van der Waals surface area contributed by atoms with E-state index in [0.717, 1.165) is 38.0 Å². The first-order valence-corrected chi connectivity index (χ1v) is 7.70. The summed E-state index contributed by atoms with van der Waals surface area (Å²) in [7, 11) is 0. The molecule has 4 rings (SSSR count). The number of nitrogens with zero attached hydrogens (tertiary/aromatic N) is 2. The minimum absolute atomic E-state index is 0.377. The molecule has 22 heavy (non-hydrogen) atoms. The minimum Gasteiger partial charge on any atom is -0.483 e. The summed E-state index contributed by atoms with van der Waals surface area (Å²) < 4.78 is 6.92. The summed E-state index contributed by atoms with van der Waals surface area (Å²) in [6, 6.07) is 15.8. The summed E-state index contributed by atoms with van der Waals surface area (Å²) in [5.41, 5.74) is 2.80. The van der Waals surface area contributed by atoms with Gasteiger partial charge in [-0.05, 0) is 24.3 Å². The molecule has 0 saturated carbocycles. The number of para-hydroxylation sites is 3. The molecule has 0 atom stereocenters. The number of nitrogens with one attached hydrogen (secondary N) is 1. The second-order valence-electron chi connectivity index (χ2n) is 4.93. The van der Waals surface area contributed by atoms with Crippen molar-refractivity contribution in [1.29, 1.82) is 0 Å². The second-order valence-corrected chi connectivity index (χ2v) is 5.79. The van der Waals surface area contributed by atoms with Crippen LogP contribution in [0.1, 0.15) is 5.82 Å². The predicted octanol–water partition coefficient (Wildman–Crippen LogP) is 4.45. The van der Waals surface area contributed by atoms with Crippen LogP contribution in [0.15, 0.2) is 59.2 Å². The van der Waals surface area contributed by atoms with Gasteiger partial charge in [-0.15, -0.1) is 0 Å². The number of fused-ring (bicyclic) bond motifs is 2. The fourth-order valence-electron chi connectivity index (χ4n) is 2.45. The zero-order valence-corrected chi connectivity index (χ0v) is 13.2. The number of ether oxygens (including phenoxy) is 1. The molecule has 2 heterocycles. The number of aromatic nitrogens is 3. The summed E-state index contributed by atoms with van der Waals surface area (Å²) in [4.78, 5) is 12.2. The van der Waals surface area contributed by atoms with Crippen LogP contribution in [0.5, 0.6) is 5.75 Å². The Bertz CT molecular complexity index is 931. The van der Waals surface area contributed by atoms with E-state index in [0.29, 0.717) is 6.61 Å². The lowest BCUT2D eigenvalue weighted by molar-refractivity contribution is 0.300. The summed E-state index contributed by atoms with van der Waals surface area (Å²) in [6.45, 7) is 0.377. The average Bonchev–Trinajstić information content (AvgIpc) is 2.96. The van der Waals surface area contributed by atoms with Crippen molar-refractivity contribution in [2.24, 2.45) is 0 Å². The molecule has 0 fully saturated rings. The lowest BCUT2D eigenvalue weighted by Crippen LogP contribution is -1.98. The third kappa shape index (κ3) is 2.33. The molecule has 4 aromatic rings. The third-order valence-electron chi connectivity index (χ3n) is 3.48. The summed E-state index contributed by atoms with van der Waals surface area (Å²) >= 11 is 3.54. The van der Waals surface area contributed by atoms with Gasteiger partial charge in [-0.1, -0.05) is 40.2 Å². The molecule has 108 valence electrons. The molecule has 0 unspecified atom stereocenters. The van der Waals surface area contributed by atoms with Gasteiger partial charge in [0.25, 0.3) is 0 Å². The van der Waals surface area contributed by atoms with Crippen LogP contribution in [0.2, 0.25) is 0 Å². The van der Waals surface area contributed by atoms with Crippen molar-refractivity contribution < 1.29 is 4.74 Å². The third-order valence-corrected chi connectivity index (χ3v) is 4.18. The first-order valence-electron chi connectivity index (χ1n) is 6.91. The van der Waals surface area contributed by atoms with Crippen LogP contribution >= 0.6 is 15.9 Å². The maximum Gasteiger partial charge on any atom is 0.146 e. The summed E-state index contributed by atoms with van der Waals surface area (Å²) in [6.07, 6.45) is 1.76. The molecule has 2 aromatic heterocycles. The Hall–Kier alpha value is -2.40. The van der Waals surface area contributed by atoms with E-state index in [4.69, 9.17) is 4.74 Å². The highest BCUT2D eigenvalue weighted by Gasteiger charge is 2.08. The molecule has 4 nitrogen and oxygen atoms in total. The zero-order chi connectivity index (χ0) is 14.9. The molecule has 0 amide bonds. The number of hydrogen-bond acceptors (Lipinski definition) is 3. The molecule has 0 saturated heterocycles. The Morgan fingerprint density at radius 2 is 1.95 bits per heavy atom. The highest BCUT2D eigenvalue weighted by atomic mass is 79.9. The van der Waals surface area contributed by atoms with Crippen molar-refractivity contribution in [1.82, 2.24) is 15.0 Å². The van der Waals surface area contributed by atoms with Crippen molar-refractivity contribution in [3.05, 3.63) is 65.0 Å². The average molecular weight is 354 g/mol. The summed E-state index contributed by atoms with van der Waals surface area (Å²) in [5.74, 6) is 1.55. The van der Waals surface area contributed by atoms with Gasteiger partial charge in [0, 0.05) is 16.1 Å². The SMILES string of the molecule is Brc1ccnc2c(OCc3nc4ccccc4[nH]3)cccc12. The van der Waals surface area contributed by atoms with Crippen LogP contribution < -0.4 is 4.74 Å². The molecule has 5 heteroatoms. The molecule has 0 spiro atoms. The van der Waals surface area contributed by atoms with E-state index >= 15 is 0 Å². The van der Waals surface area contributed by atoms with Crippen LogP contribution in [0.4, 0.5) is 0 Å². The number of benzene rings is 2. The first kappa shape index (κ1) is 13.3. The van der Waals surface area contributed by atoms with E-state index in [9.17, 15) is 0 Å². The van der Waals surface area contributed by atoms with E-state index in [2.05, 4.69) is 30.9 Å². The second kappa shape index (κ2) is 5.42. The van der Waals surface area contributed by atoms with Gasteiger partial charge in [-0.3, -0.25) is 4.98 Å². The van der Waals surface area contributed by atoms with Gasteiger partial charge in [-0.25, -0.2) is 4.98 Å². The Labute approximate surface area is 135 Å². The van der Waals surface area contributed by atoms with Crippen molar-refractivity contribution in [3.8, 4) is 5.75 Å². The maximum absolute atomic E-state index is 5.91. The van der Waals surface area contributed by atoms with Crippen LogP contribution in [-0.4, -0.2) is 15.0 Å². The number of pyridine rings is 1. The number of halogens is 1. The van der Waals surface area contributed by atoms with Crippen LogP contribution in [-0.2, 0) is 6.61 Å². The van der Waals surface area contributed by atoms with Crippen molar-refractivity contribution in [3.63, 3.8) is 0 Å². The number of rotatable bonds is 3. The molecule has 0 bridgehead atoms. The Balaban J connectivity index is 1.65. The van der Waals surface area contributed by atoms with Crippen LogP contribution in [0.3, 0.4) is 0 Å². The van der Waals surface area contributed by atoms with E-state index in [1.165, 1.54) is 0 Å². The summed E-state index contributed by atoms with van der Waals surface area (Å²) in [5, 5.41) is 1.03. The normalized spacial score (nSPS) is 11.1. The van der Waals surface area contributed by atoms with Gasteiger partial charge in [0.05, 0.1) is 11.0 Å². The quantitative estimate of drug-likeness (QED) is 0.591. The Morgan fingerprint density at radius 1 is 1.05 bits per heavy atom. The van der Waals surface area contributed by atoms with E-state index in [-0.39, 0.29) is 0 Å². The van der Waals surface area contributed by atoms with Crippen LogP contribution in [0, 0.1) is 0 Å². The van der Waals surface area contributed by atoms with Gasteiger partial charge in [0.2, 0.25) is 0 Å². The van der Waals surface area contributed by atoms with Crippen molar-refractivity contribution in [2.75, 3.05) is 0 Å². The number of imidazole rings is 1. The van der Waals surface area contributed by atoms with Gasteiger partial charge < -0.3 is 9.72 Å². The number of hydrogen-bond donors (Lipinski definition) is 1. The Morgan fingerprint density at radius 3 is 2.86 bits per heavy atom. The molecular formula is C17H12BrN3O. The lowest BCUT2D eigenvalue weighted by atomic mass is 10.2. The Kier molecular flexibility index (Phi) is 3.27. The zero-order valence-electron chi connectivity index (χ0n) is 11.6. The molecule has 0 aliphatic rings.